The van der Waals surface area contributed by atoms with Gasteiger partial charge in [0.25, 0.3) is 5.91 Å². The Bertz CT molecular complexity index is 1010. The van der Waals surface area contributed by atoms with Crippen LogP contribution in [0.15, 0.2) is 34.7 Å². The predicted octanol–water partition coefficient (Wildman–Crippen LogP) is 4.78. The average molecular weight is 393 g/mol. The number of aromatic nitrogens is 2. The molecular formula is C19H18F3N3O3. The molecule has 0 fully saturated rings. The highest BCUT2D eigenvalue weighted by Crippen LogP contribution is 2.34. The Balaban J connectivity index is 1.68. The number of aromatic amines is 1. The molecule has 148 valence electrons. The molecule has 1 aromatic carbocycles. The molecule has 28 heavy (non-hydrogen) atoms. The average Bonchev–Trinajstić information content (AvgIpc) is 3.23. The zero-order chi connectivity index (χ0) is 20.5. The normalized spacial score (nSPS) is 11.5. The smallest absolute Gasteiger partial charge is 0.437 e. The summed E-state index contributed by atoms with van der Waals surface area (Å²) in [7, 11) is 0. The van der Waals surface area contributed by atoms with E-state index in [0.29, 0.717) is 11.5 Å². The summed E-state index contributed by atoms with van der Waals surface area (Å²) in [4.78, 5) is 12.3. The summed E-state index contributed by atoms with van der Waals surface area (Å²) in [6, 6.07) is 8.53. The number of ether oxygens (including phenoxy) is 1. The SMILES string of the molecule is Cc1ccc(OCc2ccc(C(=O)Nc3c(C(F)(F)F)n[nH]c3C)o2)cc1C. The molecule has 6 nitrogen and oxygen atoms in total. The Morgan fingerprint density at radius 3 is 2.61 bits per heavy atom. The van der Waals surface area contributed by atoms with Crippen molar-refractivity contribution >= 4 is 11.6 Å². The van der Waals surface area contributed by atoms with Crippen LogP contribution in [0.4, 0.5) is 18.9 Å². The van der Waals surface area contributed by atoms with Gasteiger partial charge < -0.3 is 14.5 Å². The van der Waals surface area contributed by atoms with Gasteiger partial charge in [-0.25, -0.2) is 0 Å². The number of alkyl halides is 3. The molecule has 3 aromatic rings. The van der Waals surface area contributed by atoms with Crippen molar-refractivity contribution in [3.8, 4) is 5.75 Å². The Morgan fingerprint density at radius 2 is 1.93 bits per heavy atom. The zero-order valence-electron chi connectivity index (χ0n) is 15.4. The monoisotopic (exact) mass is 393 g/mol. The number of benzene rings is 1. The van der Waals surface area contributed by atoms with Gasteiger partial charge in [-0.15, -0.1) is 0 Å². The summed E-state index contributed by atoms with van der Waals surface area (Å²) < 4.78 is 49.9. The largest absolute Gasteiger partial charge is 0.486 e. The van der Waals surface area contributed by atoms with Crippen molar-refractivity contribution in [2.75, 3.05) is 5.32 Å². The number of hydrogen-bond donors (Lipinski definition) is 2. The van der Waals surface area contributed by atoms with E-state index >= 15 is 0 Å². The molecule has 2 N–H and O–H groups in total. The van der Waals surface area contributed by atoms with Gasteiger partial charge in [-0.2, -0.15) is 18.3 Å². The lowest BCUT2D eigenvalue weighted by Crippen LogP contribution is -2.16. The van der Waals surface area contributed by atoms with Crippen LogP contribution in [0.3, 0.4) is 0 Å². The van der Waals surface area contributed by atoms with Crippen molar-refractivity contribution in [3.63, 3.8) is 0 Å². The Labute approximate surface area is 158 Å². The van der Waals surface area contributed by atoms with Crippen LogP contribution < -0.4 is 10.1 Å². The summed E-state index contributed by atoms with van der Waals surface area (Å²) in [5, 5.41) is 7.61. The number of anilines is 1. The minimum absolute atomic E-state index is 0.0777. The van der Waals surface area contributed by atoms with Gasteiger partial charge in [0.1, 0.15) is 18.1 Å². The second-order valence-corrected chi connectivity index (χ2v) is 6.32. The molecule has 0 bridgehead atoms. The van der Waals surface area contributed by atoms with Crippen LogP contribution >= 0.6 is 0 Å². The number of nitrogens with one attached hydrogen (secondary N) is 2. The minimum atomic E-state index is -4.69. The van der Waals surface area contributed by atoms with Crippen molar-refractivity contribution in [1.29, 1.82) is 0 Å². The molecule has 9 heteroatoms. The maximum Gasteiger partial charge on any atom is 0.437 e. The van der Waals surface area contributed by atoms with E-state index in [9.17, 15) is 18.0 Å². The van der Waals surface area contributed by atoms with E-state index in [0.717, 1.165) is 11.1 Å². The molecule has 0 aliphatic carbocycles. The molecule has 2 aromatic heterocycles. The molecule has 3 rings (SSSR count). The molecule has 0 atom stereocenters. The van der Waals surface area contributed by atoms with Crippen molar-refractivity contribution < 1.29 is 27.1 Å². The number of nitrogens with zero attached hydrogens (tertiary/aromatic N) is 1. The first-order valence-electron chi connectivity index (χ1n) is 8.37. The molecule has 2 heterocycles. The summed E-state index contributed by atoms with van der Waals surface area (Å²) >= 11 is 0. The highest BCUT2D eigenvalue weighted by molar-refractivity contribution is 6.03. The van der Waals surface area contributed by atoms with Crippen molar-refractivity contribution in [3.05, 3.63) is 64.4 Å². The van der Waals surface area contributed by atoms with Crippen LogP contribution in [0.1, 0.15) is 38.8 Å². The second-order valence-electron chi connectivity index (χ2n) is 6.32. The van der Waals surface area contributed by atoms with Crippen LogP contribution in [0, 0.1) is 20.8 Å². The van der Waals surface area contributed by atoms with Crippen molar-refractivity contribution in [2.24, 2.45) is 0 Å². The third-order valence-electron chi connectivity index (χ3n) is 4.20. The van der Waals surface area contributed by atoms with Gasteiger partial charge >= 0.3 is 6.18 Å². The topological polar surface area (TPSA) is 80.1 Å². The van der Waals surface area contributed by atoms with Crippen LogP contribution in [0.25, 0.3) is 0 Å². The lowest BCUT2D eigenvalue weighted by Gasteiger charge is -2.08. The first kappa shape index (κ1) is 19.5. The predicted molar refractivity (Wildman–Crippen MR) is 95.2 cm³/mol. The van der Waals surface area contributed by atoms with Gasteiger partial charge in [0.2, 0.25) is 0 Å². The van der Waals surface area contributed by atoms with E-state index < -0.39 is 23.5 Å². The van der Waals surface area contributed by atoms with E-state index in [1.807, 2.05) is 32.0 Å². The van der Waals surface area contributed by atoms with Gasteiger partial charge in [0.05, 0.1) is 11.4 Å². The summed E-state index contributed by atoms with van der Waals surface area (Å²) in [6.45, 7) is 5.41. The third-order valence-corrected chi connectivity index (χ3v) is 4.20. The number of furan rings is 1. The minimum Gasteiger partial charge on any atom is -0.486 e. The van der Waals surface area contributed by atoms with Gasteiger partial charge in [-0.05, 0) is 56.2 Å². The Kier molecular flexibility index (Phi) is 5.17. The van der Waals surface area contributed by atoms with Crippen LogP contribution in [-0.2, 0) is 12.8 Å². The second kappa shape index (κ2) is 7.41. The molecule has 0 radical (unpaired) electrons. The van der Waals surface area contributed by atoms with Crippen LogP contribution in [-0.4, -0.2) is 16.1 Å². The van der Waals surface area contributed by atoms with E-state index in [-0.39, 0.29) is 18.1 Å². The maximum atomic E-state index is 13.0. The van der Waals surface area contributed by atoms with Crippen LogP contribution in [0.2, 0.25) is 0 Å². The fourth-order valence-electron chi connectivity index (χ4n) is 2.50. The summed E-state index contributed by atoms with van der Waals surface area (Å²) in [6.07, 6.45) is -4.69. The third kappa shape index (κ3) is 4.19. The molecule has 0 spiro atoms. The number of amides is 1. The van der Waals surface area contributed by atoms with Gasteiger partial charge in [0, 0.05) is 0 Å². The first-order valence-corrected chi connectivity index (χ1v) is 8.37. The molecule has 1 amide bonds. The van der Waals surface area contributed by atoms with E-state index in [4.69, 9.17) is 9.15 Å². The fourth-order valence-corrected chi connectivity index (χ4v) is 2.50. The number of halogens is 3. The number of hydrogen-bond acceptors (Lipinski definition) is 4. The summed E-state index contributed by atoms with van der Waals surface area (Å²) in [5.41, 5.74) is 0.681. The lowest BCUT2D eigenvalue weighted by atomic mass is 10.1. The number of rotatable bonds is 5. The molecular weight excluding hydrogens is 375 g/mol. The molecule has 0 saturated carbocycles. The van der Waals surface area contributed by atoms with E-state index in [1.165, 1.54) is 19.1 Å². The van der Waals surface area contributed by atoms with E-state index in [2.05, 4.69) is 15.5 Å². The van der Waals surface area contributed by atoms with Gasteiger partial charge in [0.15, 0.2) is 11.5 Å². The summed E-state index contributed by atoms with van der Waals surface area (Å²) in [5.74, 6) is 0.0672. The molecule has 0 aliphatic rings. The first-order chi connectivity index (χ1) is 13.1. The molecule has 0 unspecified atom stereocenters. The number of carbonyl (C=O) groups is 1. The standard InChI is InChI=1S/C19H18F3N3O3/c1-10-4-5-13(8-11(10)2)27-9-14-6-7-15(28-14)18(26)23-16-12(3)24-25-17(16)19(20,21)22/h4-8H,9H2,1-3H3,(H,23,26)(H,24,25). The molecule has 0 aliphatic heterocycles. The van der Waals surface area contributed by atoms with Crippen molar-refractivity contribution in [1.82, 2.24) is 10.2 Å². The van der Waals surface area contributed by atoms with Crippen LogP contribution in [0.5, 0.6) is 5.75 Å². The Morgan fingerprint density at radius 1 is 1.18 bits per heavy atom. The maximum absolute atomic E-state index is 13.0. The highest BCUT2D eigenvalue weighted by Gasteiger charge is 2.38. The van der Waals surface area contributed by atoms with Gasteiger partial charge in [-0.1, -0.05) is 6.07 Å². The lowest BCUT2D eigenvalue weighted by molar-refractivity contribution is -0.140. The van der Waals surface area contributed by atoms with E-state index in [1.54, 1.807) is 0 Å². The van der Waals surface area contributed by atoms with Crippen molar-refractivity contribution in [2.45, 2.75) is 33.6 Å². The number of H-pyrrole nitrogens is 1. The quantitative estimate of drug-likeness (QED) is 0.654. The van der Waals surface area contributed by atoms with Gasteiger partial charge in [-0.3, -0.25) is 9.89 Å². The zero-order valence-corrected chi connectivity index (χ0v) is 15.4. The highest BCUT2D eigenvalue weighted by atomic mass is 19.4. The Hall–Kier alpha value is -3.23. The number of aryl methyl sites for hydroxylation is 3. The number of carbonyl (C=O) groups excluding carboxylic acids is 1. The molecule has 0 saturated heterocycles. The fraction of sp³-hybridized carbons (Fsp3) is 0.263.